The second kappa shape index (κ2) is 9.24. The van der Waals surface area contributed by atoms with E-state index in [1.54, 1.807) is 6.08 Å². The van der Waals surface area contributed by atoms with Gasteiger partial charge < -0.3 is 10.2 Å². The Morgan fingerprint density at radius 1 is 1.14 bits per heavy atom. The average molecular weight is 292 g/mol. The molecule has 0 spiro atoms. The molecule has 120 valence electrons. The summed E-state index contributed by atoms with van der Waals surface area (Å²) in [7, 11) is 0. The molecule has 0 saturated carbocycles. The summed E-state index contributed by atoms with van der Waals surface area (Å²) in [5.74, 6) is 0.825. The molecule has 0 aromatic carbocycles. The number of hydrogen-bond donors (Lipinski definition) is 1. The highest BCUT2D eigenvalue weighted by atomic mass is 16.1. The fourth-order valence-electron chi connectivity index (χ4n) is 3.59. The number of amides is 1. The predicted octanol–water partition coefficient (Wildman–Crippen LogP) is 3.50. The smallest absolute Gasteiger partial charge is 0.243 e. The summed E-state index contributed by atoms with van der Waals surface area (Å²) in [6, 6.07) is 0.388. The van der Waals surface area contributed by atoms with E-state index in [1.807, 2.05) is 0 Å². The number of fused-ring (bicyclic) bond motifs is 3. The van der Waals surface area contributed by atoms with Gasteiger partial charge in [-0.05, 0) is 50.8 Å². The molecule has 21 heavy (non-hydrogen) atoms. The number of allylic oxidation sites excluding steroid dienone is 1. The molecule has 0 aliphatic carbocycles. The van der Waals surface area contributed by atoms with Crippen molar-refractivity contribution in [2.75, 3.05) is 19.6 Å². The second-order valence-electron chi connectivity index (χ2n) is 6.71. The number of piperidine rings is 3. The molecule has 3 aliphatic heterocycles. The zero-order valence-electron chi connectivity index (χ0n) is 13.7. The first-order valence-corrected chi connectivity index (χ1v) is 8.99. The van der Waals surface area contributed by atoms with Crippen LogP contribution in [0.4, 0.5) is 0 Å². The van der Waals surface area contributed by atoms with Crippen LogP contribution in [0.5, 0.6) is 0 Å². The number of carbonyl (C=O) groups is 1. The lowest BCUT2D eigenvalue weighted by Crippen LogP contribution is -2.57. The Morgan fingerprint density at radius 2 is 1.86 bits per heavy atom. The minimum Gasteiger partial charge on any atom is -0.348 e. The Labute approximate surface area is 130 Å². The van der Waals surface area contributed by atoms with Crippen LogP contribution in [0.3, 0.4) is 0 Å². The first kappa shape index (κ1) is 16.5. The number of unbranched alkanes of at least 4 members (excludes halogenated alkanes) is 6. The molecule has 0 radical (unpaired) electrons. The predicted molar refractivity (Wildman–Crippen MR) is 88.2 cm³/mol. The molecule has 3 heteroatoms. The third kappa shape index (κ3) is 5.82. The Hall–Kier alpha value is -0.830. The van der Waals surface area contributed by atoms with E-state index in [4.69, 9.17) is 0 Å². The van der Waals surface area contributed by atoms with Crippen LogP contribution in [0, 0.1) is 5.92 Å². The maximum absolute atomic E-state index is 11.9. The number of rotatable bonds is 9. The highest BCUT2D eigenvalue weighted by Gasteiger charge is 2.34. The number of hydrogen-bond acceptors (Lipinski definition) is 2. The lowest BCUT2D eigenvalue weighted by Gasteiger charge is -2.44. The van der Waals surface area contributed by atoms with Crippen LogP contribution < -0.4 is 5.32 Å². The van der Waals surface area contributed by atoms with Crippen LogP contribution in [0.2, 0.25) is 0 Å². The first-order valence-electron chi connectivity index (χ1n) is 8.99. The standard InChI is InChI=1S/C18H32N2O/c1-2-3-4-5-6-7-8-9-10-18(21)19-17-15-20-13-11-16(17)12-14-20/h9-10,16-17H,2-8,11-15H2,1H3,(H,19,21)/b10-9+. The molecule has 3 heterocycles. The van der Waals surface area contributed by atoms with Gasteiger partial charge in [-0.1, -0.05) is 45.1 Å². The maximum atomic E-state index is 11.9. The Kier molecular flexibility index (Phi) is 7.28. The molecule has 1 N–H and O–H groups in total. The van der Waals surface area contributed by atoms with E-state index in [0.29, 0.717) is 12.0 Å². The average Bonchev–Trinajstić information content (AvgIpc) is 2.51. The van der Waals surface area contributed by atoms with Crippen molar-refractivity contribution in [2.24, 2.45) is 5.92 Å². The lowest BCUT2D eigenvalue weighted by molar-refractivity contribution is -0.118. The highest BCUT2D eigenvalue weighted by Crippen LogP contribution is 2.27. The van der Waals surface area contributed by atoms with E-state index >= 15 is 0 Å². The largest absolute Gasteiger partial charge is 0.348 e. The number of nitrogens with zero attached hydrogens (tertiary/aromatic N) is 1. The van der Waals surface area contributed by atoms with Crippen LogP contribution >= 0.6 is 0 Å². The molecule has 0 aromatic heterocycles. The van der Waals surface area contributed by atoms with Gasteiger partial charge in [-0.25, -0.2) is 0 Å². The summed E-state index contributed by atoms with van der Waals surface area (Å²) < 4.78 is 0. The van der Waals surface area contributed by atoms with Crippen molar-refractivity contribution in [3.63, 3.8) is 0 Å². The van der Waals surface area contributed by atoms with Crippen molar-refractivity contribution in [3.05, 3.63) is 12.2 Å². The molecule has 3 nitrogen and oxygen atoms in total. The summed E-state index contributed by atoms with van der Waals surface area (Å²) in [5.41, 5.74) is 0. The fourth-order valence-corrected chi connectivity index (χ4v) is 3.59. The summed E-state index contributed by atoms with van der Waals surface area (Å²) in [6.45, 7) is 5.76. The van der Waals surface area contributed by atoms with Gasteiger partial charge in [0.15, 0.2) is 0 Å². The van der Waals surface area contributed by atoms with Crippen LogP contribution in [-0.4, -0.2) is 36.5 Å². The van der Waals surface area contributed by atoms with E-state index in [-0.39, 0.29) is 5.91 Å². The normalized spacial score (nSPS) is 28.1. The van der Waals surface area contributed by atoms with Gasteiger partial charge in [0.25, 0.3) is 0 Å². The summed E-state index contributed by atoms with van der Waals surface area (Å²) >= 11 is 0. The molecule has 3 fully saturated rings. The zero-order valence-corrected chi connectivity index (χ0v) is 13.7. The number of carbonyl (C=O) groups excluding carboxylic acids is 1. The third-order valence-electron chi connectivity index (χ3n) is 4.98. The van der Waals surface area contributed by atoms with Gasteiger partial charge in [-0.15, -0.1) is 0 Å². The fraction of sp³-hybridized carbons (Fsp3) is 0.833. The molecule has 1 atom stereocenters. The highest BCUT2D eigenvalue weighted by molar-refractivity contribution is 5.87. The molecule has 1 unspecified atom stereocenters. The second-order valence-corrected chi connectivity index (χ2v) is 6.71. The molecule has 3 saturated heterocycles. The van der Waals surface area contributed by atoms with Crippen LogP contribution in [0.1, 0.15) is 64.7 Å². The van der Waals surface area contributed by atoms with Gasteiger partial charge in [0, 0.05) is 12.6 Å². The first-order chi connectivity index (χ1) is 10.3. The molecule has 3 aliphatic rings. The lowest BCUT2D eigenvalue weighted by atomic mass is 9.84. The molecule has 0 aromatic rings. The maximum Gasteiger partial charge on any atom is 0.243 e. The number of nitrogens with one attached hydrogen (secondary N) is 1. The molecular formula is C18H32N2O. The monoisotopic (exact) mass is 292 g/mol. The molecular weight excluding hydrogens is 260 g/mol. The van der Waals surface area contributed by atoms with Gasteiger partial charge in [0.05, 0.1) is 0 Å². The van der Waals surface area contributed by atoms with Crippen LogP contribution in [-0.2, 0) is 4.79 Å². The van der Waals surface area contributed by atoms with E-state index in [0.717, 1.165) is 13.0 Å². The minimum atomic E-state index is 0.111. The van der Waals surface area contributed by atoms with Gasteiger partial charge in [-0.2, -0.15) is 0 Å². The van der Waals surface area contributed by atoms with Crippen LogP contribution in [0.25, 0.3) is 0 Å². The van der Waals surface area contributed by atoms with Crippen molar-refractivity contribution < 1.29 is 4.79 Å². The van der Waals surface area contributed by atoms with Gasteiger partial charge in [0.2, 0.25) is 5.91 Å². The Morgan fingerprint density at radius 3 is 2.52 bits per heavy atom. The topological polar surface area (TPSA) is 32.3 Å². The summed E-state index contributed by atoms with van der Waals surface area (Å²) in [6.07, 6.45) is 15.2. The molecule has 2 bridgehead atoms. The summed E-state index contributed by atoms with van der Waals surface area (Å²) in [4.78, 5) is 14.4. The Bertz CT molecular complexity index is 332. The van der Waals surface area contributed by atoms with E-state index < -0.39 is 0 Å². The van der Waals surface area contributed by atoms with Crippen molar-refractivity contribution in [3.8, 4) is 0 Å². The SMILES string of the molecule is CCCCCCCC/C=C/C(=O)NC1CN2CCC1CC2. The quantitative estimate of drug-likeness (QED) is 0.521. The molecule has 3 rings (SSSR count). The van der Waals surface area contributed by atoms with Crippen LogP contribution in [0.15, 0.2) is 12.2 Å². The van der Waals surface area contributed by atoms with Crippen molar-refractivity contribution in [1.82, 2.24) is 10.2 Å². The van der Waals surface area contributed by atoms with E-state index in [1.165, 1.54) is 64.5 Å². The van der Waals surface area contributed by atoms with E-state index in [9.17, 15) is 4.79 Å². The summed E-state index contributed by atoms with van der Waals surface area (Å²) in [5, 5.41) is 3.20. The van der Waals surface area contributed by atoms with Gasteiger partial charge in [0.1, 0.15) is 0 Å². The van der Waals surface area contributed by atoms with Crippen molar-refractivity contribution in [1.29, 1.82) is 0 Å². The van der Waals surface area contributed by atoms with Gasteiger partial charge >= 0.3 is 0 Å². The van der Waals surface area contributed by atoms with Gasteiger partial charge in [-0.3, -0.25) is 4.79 Å². The third-order valence-corrected chi connectivity index (χ3v) is 4.98. The van der Waals surface area contributed by atoms with Crippen molar-refractivity contribution >= 4 is 5.91 Å². The Balaban J connectivity index is 1.54. The molecule has 1 amide bonds. The van der Waals surface area contributed by atoms with E-state index in [2.05, 4.69) is 23.2 Å². The van der Waals surface area contributed by atoms with Crippen molar-refractivity contribution in [2.45, 2.75) is 70.8 Å². The minimum absolute atomic E-state index is 0.111. The zero-order chi connectivity index (χ0) is 14.9.